The number of anilines is 1. The second-order valence-corrected chi connectivity index (χ2v) is 8.49. The molecule has 4 aromatic rings. The maximum absolute atomic E-state index is 13.5. The molecule has 5 rings (SSSR count). The SMILES string of the molecule is O=C(c1nnn(-c2ccc(Cl)cc2)c1-c1cccnc1)N1CCN(c2ccccc2Cl)CC1. The lowest BCUT2D eigenvalue weighted by Crippen LogP contribution is -2.49. The Kier molecular flexibility index (Phi) is 5.98. The number of rotatable bonds is 4. The molecule has 0 N–H and O–H groups in total. The number of pyridine rings is 1. The van der Waals surface area contributed by atoms with E-state index < -0.39 is 0 Å². The maximum atomic E-state index is 13.5. The molecule has 0 saturated carbocycles. The monoisotopic (exact) mass is 478 g/mol. The summed E-state index contributed by atoms with van der Waals surface area (Å²) in [4.78, 5) is 21.7. The molecule has 9 heteroatoms. The number of hydrogen-bond acceptors (Lipinski definition) is 5. The molecular weight excluding hydrogens is 459 g/mol. The Hall–Kier alpha value is -3.42. The van der Waals surface area contributed by atoms with Crippen LogP contribution in [0.15, 0.2) is 73.1 Å². The summed E-state index contributed by atoms with van der Waals surface area (Å²) in [7, 11) is 0. The van der Waals surface area contributed by atoms with Gasteiger partial charge in [0.1, 0.15) is 5.69 Å². The van der Waals surface area contributed by atoms with E-state index in [1.807, 2.05) is 53.4 Å². The summed E-state index contributed by atoms with van der Waals surface area (Å²) in [5, 5.41) is 9.92. The number of hydrogen-bond donors (Lipinski definition) is 0. The fraction of sp³-hybridized carbons (Fsp3) is 0.167. The van der Waals surface area contributed by atoms with E-state index in [0.29, 0.717) is 47.6 Å². The Labute approximate surface area is 201 Å². The first-order chi connectivity index (χ1) is 16.1. The Morgan fingerprint density at radius 1 is 0.879 bits per heavy atom. The van der Waals surface area contributed by atoms with Crippen LogP contribution in [-0.4, -0.2) is 57.0 Å². The van der Waals surface area contributed by atoms with Gasteiger partial charge in [-0.15, -0.1) is 5.10 Å². The van der Waals surface area contributed by atoms with Crippen LogP contribution in [-0.2, 0) is 0 Å². The van der Waals surface area contributed by atoms with Gasteiger partial charge in [-0.25, -0.2) is 4.68 Å². The van der Waals surface area contributed by atoms with Gasteiger partial charge in [-0.2, -0.15) is 0 Å². The number of benzene rings is 2. The molecule has 0 bridgehead atoms. The predicted octanol–water partition coefficient (Wildman–Crippen LogP) is 4.60. The highest BCUT2D eigenvalue weighted by atomic mass is 35.5. The van der Waals surface area contributed by atoms with E-state index in [0.717, 1.165) is 16.9 Å². The van der Waals surface area contributed by atoms with Gasteiger partial charge in [0.05, 0.1) is 16.4 Å². The number of carbonyl (C=O) groups excluding carboxylic acids is 1. The van der Waals surface area contributed by atoms with Crippen molar-refractivity contribution in [3.05, 3.63) is 88.8 Å². The normalized spacial score (nSPS) is 13.9. The molecule has 2 aromatic carbocycles. The average molecular weight is 479 g/mol. The van der Waals surface area contributed by atoms with Crippen LogP contribution in [0.3, 0.4) is 0 Å². The number of aromatic nitrogens is 4. The third-order valence-corrected chi connectivity index (χ3v) is 6.21. The predicted molar refractivity (Wildman–Crippen MR) is 129 cm³/mol. The summed E-state index contributed by atoms with van der Waals surface area (Å²) in [5.74, 6) is -0.159. The molecule has 3 heterocycles. The van der Waals surface area contributed by atoms with Crippen LogP contribution < -0.4 is 4.90 Å². The van der Waals surface area contributed by atoms with Crippen LogP contribution >= 0.6 is 23.2 Å². The summed E-state index contributed by atoms with van der Waals surface area (Å²) in [6.07, 6.45) is 3.40. The van der Waals surface area contributed by atoms with E-state index >= 15 is 0 Å². The highest BCUT2D eigenvalue weighted by Crippen LogP contribution is 2.28. The van der Waals surface area contributed by atoms with Gasteiger partial charge in [-0.1, -0.05) is 40.5 Å². The van der Waals surface area contributed by atoms with Crippen LogP contribution in [0, 0.1) is 0 Å². The van der Waals surface area contributed by atoms with Gasteiger partial charge in [0.25, 0.3) is 5.91 Å². The lowest BCUT2D eigenvalue weighted by Gasteiger charge is -2.36. The molecule has 2 aromatic heterocycles. The van der Waals surface area contributed by atoms with E-state index in [-0.39, 0.29) is 5.91 Å². The van der Waals surface area contributed by atoms with Crippen molar-refractivity contribution in [1.29, 1.82) is 0 Å². The summed E-state index contributed by atoms with van der Waals surface area (Å²) in [6.45, 7) is 2.49. The third-order valence-electron chi connectivity index (χ3n) is 5.64. The molecule has 1 amide bonds. The molecule has 33 heavy (non-hydrogen) atoms. The minimum absolute atomic E-state index is 0.159. The van der Waals surface area contributed by atoms with Crippen molar-refractivity contribution < 1.29 is 4.79 Å². The van der Waals surface area contributed by atoms with Crippen molar-refractivity contribution in [3.63, 3.8) is 0 Å². The van der Waals surface area contributed by atoms with Gasteiger partial charge in [-0.3, -0.25) is 9.78 Å². The molecule has 0 aliphatic carbocycles. The Balaban J connectivity index is 1.44. The maximum Gasteiger partial charge on any atom is 0.276 e. The number of para-hydroxylation sites is 1. The van der Waals surface area contributed by atoms with Crippen molar-refractivity contribution in [2.24, 2.45) is 0 Å². The van der Waals surface area contributed by atoms with Crippen LogP contribution in [0.2, 0.25) is 10.0 Å². The minimum atomic E-state index is -0.159. The van der Waals surface area contributed by atoms with E-state index in [4.69, 9.17) is 23.2 Å². The lowest BCUT2D eigenvalue weighted by molar-refractivity contribution is 0.0741. The van der Waals surface area contributed by atoms with Gasteiger partial charge in [0.15, 0.2) is 5.69 Å². The topological polar surface area (TPSA) is 67.2 Å². The fourth-order valence-electron chi connectivity index (χ4n) is 3.96. The van der Waals surface area contributed by atoms with Gasteiger partial charge >= 0.3 is 0 Å². The first-order valence-electron chi connectivity index (χ1n) is 10.5. The highest BCUT2D eigenvalue weighted by Gasteiger charge is 2.29. The quantitative estimate of drug-likeness (QED) is 0.428. The standard InChI is InChI=1S/C24H20Cl2N6O/c25-18-7-9-19(10-8-18)32-23(17-4-3-11-27-16-17)22(28-29-32)24(33)31-14-12-30(13-15-31)21-6-2-1-5-20(21)26/h1-11,16H,12-15H2. The van der Waals surface area contributed by atoms with Crippen LogP contribution in [0.1, 0.15) is 10.5 Å². The molecule has 166 valence electrons. The van der Waals surface area contributed by atoms with Crippen LogP contribution in [0.5, 0.6) is 0 Å². The number of nitrogens with zero attached hydrogens (tertiary/aromatic N) is 6. The molecule has 0 unspecified atom stereocenters. The molecule has 7 nitrogen and oxygen atoms in total. The molecule has 0 atom stereocenters. The fourth-order valence-corrected chi connectivity index (χ4v) is 4.34. The summed E-state index contributed by atoms with van der Waals surface area (Å²) in [6, 6.07) is 18.7. The molecule has 1 aliphatic heterocycles. The largest absolute Gasteiger partial charge is 0.367 e. The Morgan fingerprint density at radius 2 is 1.64 bits per heavy atom. The van der Waals surface area contributed by atoms with Gasteiger partial charge in [0, 0.05) is 49.2 Å². The molecule has 1 fully saturated rings. The second kappa shape index (κ2) is 9.21. The lowest BCUT2D eigenvalue weighted by atomic mass is 10.1. The molecular formula is C24H20Cl2N6O. The average Bonchev–Trinajstić information content (AvgIpc) is 3.30. The van der Waals surface area contributed by atoms with Crippen molar-refractivity contribution >= 4 is 34.8 Å². The third kappa shape index (κ3) is 4.29. The number of piperazine rings is 1. The smallest absolute Gasteiger partial charge is 0.276 e. The van der Waals surface area contributed by atoms with E-state index in [1.54, 1.807) is 29.2 Å². The van der Waals surface area contributed by atoms with E-state index in [9.17, 15) is 4.79 Å². The summed E-state index contributed by atoms with van der Waals surface area (Å²) < 4.78 is 1.65. The summed E-state index contributed by atoms with van der Waals surface area (Å²) in [5.41, 5.74) is 3.40. The number of amides is 1. The zero-order chi connectivity index (χ0) is 22.8. The molecule has 1 aliphatic rings. The van der Waals surface area contributed by atoms with Crippen molar-refractivity contribution in [2.75, 3.05) is 31.1 Å². The van der Waals surface area contributed by atoms with Crippen molar-refractivity contribution in [2.45, 2.75) is 0 Å². The number of carbonyl (C=O) groups is 1. The Bertz CT molecular complexity index is 1270. The first kappa shape index (κ1) is 21.4. The second-order valence-electron chi connectivity index (χ2n) is 7.65. The zero-order valence-corrected chi connectivity index (χ0v) is 19.1. The summed E-state index contributed by atoms with van der Waals surface area (Å²) >= 11 is 12.4. The van der Waals surface area contributed by atoms with Crippen LogP contribution in [0.4, 0.5) is 5.69 Å². The van der Waals surface area contributed by atoms with E-state index in [2.05, 4.69) is 20.2 Å². The highest BCUT2D eigenvalue weighted by molar-refractivity contribution is 6.33. The van der Waals surface area contributed by atoms with Crippen molar-refractivity contribution in [1.82, 2.24) is 24.9 Å². The zero-order valence-electron chi connectivity index (χ0n) is 17.6. The minimum Gasteiger partial charge on any atom is -0.367 e. The van der Waals surface area contributed by atoms with Gasteiger partial charge in [0.2, 0.25) is 0 Å². The van der Waals surface area contributed by atoms with Gasteiger partial charge < -0.3 is 9.80 Å². The molecule has 0 spiro atoms. The Morgan fingerprint density at radius 3 is 2.33 bits per heavy atom. The van der Waals surface area contributed by atoms with E-state index in [1.165, 1.54) is 0 Å². The molecule has 1 saturated heterocycles. The first-order valence-corrected chi connectivity index (χ1v) is 11.3. The van der Waals surface area contributed by atoms with Crippen LogP contribution in [0.25, 0.3) is 16.9 Å². The van der Waals surface area contributed by atoms with Gasteiger partial charge in [-0.05, 0) is 48.5 Å². The number of halogens is 2. The van der Waals surface area contributed by atoms with Crippen molar-refractivity contribution in [3.8, 4) is 16.9 Å². The molecule has 0 radical (unpaired) electrons.